The van der Waals surface area contributed by atoms with Crippen molar-refractivity contribution < 1.29 is 24.6 Å². The molecule has 0 bridgehead atoms. The summed E-state index contributed by atoms with van der Waals surface area (Å²) in [6, 6.07) is 8.79. The number of rotatable bonds is 7. The van der Waals surface area contributed by atoms with E-state index in [0.29, 0.717) is 31.7 Å². The van der Waals surface area contributed by atoms with Gasteiger partial charge in [-0.25, -0.2) is 0 Å². The van der Waals surface area contributed by atoms with Gasteiger partial charge in [-0.05, 0) is 5.56 Å². The number of hydrogen-bond donors (Lipinski definition) is 5. The molecule has 150 valence electrons. The highest BCUT2D eigenvalue weighted by Gasteiger charge is 2.43. The van der Waals surface area contributed by atoms with Gasteiger partial charge in [0.2, 0.25) is 17.5 Å². The third-order valence-electron chi connectivity index (χ3n) is 4.13. The van der Waals surface area contributed by atoms with E-state index in [4.69, 9.17) is 5.73 Å². The van der Waals surface area contributed by atoms with Crippen LogP contribution in [0.25, 0.3) is 0 Å². The van der Waals surface area contributed by atoms with Crippen molar-refractivity contribution >= 4 is 30.1 Å². The first-order valence-corrected chi connectivity index (χ1v) is 8.36. The highest BCUT2D eigenvalue weighted by Crippen LogP contribution is 2.16. The Morgan fingerprint density at radius 1 is 1.22 bits per heavy atom. The Morgan fingerprint density at radius 3 is 2.37 bits per heavy atom. The summed E-state index contributed by atoms with van der Waals surface area (Å²) < 4.78 is 0. The molecule has 0 aromatic heterocycles. The van der Waals surface area contributed by atoms with Crippen LogP contribution in [0.4, 0.5) is 0 Å². The predicted octanol–water partition coefficient (Wildman–Crippen LogP) is -1.88. The van der Waals surface area contributed by atoms with Crippen molar-refractivity contribution in [2.24, 2.45) is 5.73 Å². The zero-order valence-corrected chi connectivity index (χ0v) is 15.6. The van der Waals surface area contributed by atoms with Gasteiger partial charge in [0, 0.05) is 32.6 Å². The first-order chi connectivity index (χ1) is 12.3. The molecule has 0 aliphatic carbocycles. The Hall–Kier alpha value is -2.20. The number of carbonyl (C=O) groups is 3. The normalized spacial score (nSPS) is 17.2. The number of hydrogen-bond acceptors (Lipinski definition) is 6. The van der Waals surface area contributed by atoms with Crippen molar-refractivity contribution in [3.63, 3.8) is 0 Å². The number of aliphatic hydroxyl groups is 2. The summed E-state index contributed by atoms with van der Waals surface area (Å²) in [6.45, 7) is 1.75. The first-order valence-electron chi connectivity index (χ1n) is 8.36. The van der Waals surface area contributed by atoms with Gasteiger partial charge < -0.3 is 31.5 Å². The quantitative estimate of drug-likeness (QED) is 0.339. The van der Waals surface area contributed by atoms with Crippen LogP contribution < -0.4 is 16.4 Å². The van der Waals surface area contributed by atoms with E-state index in [0.717, 1.165) is 0 Å². The molecule has 0 radical (unpaired) electrons. The number of carbonyl (C=O) groups excluding carboxylic acids is 3. The minimum atomic E-state index is -2.42. The number of piperazine rings is 1. The maximum Gasteiger partial charge on any atom is 0.275 e. The fourth-order valence-corrected chi connectivity index (χ4v) is 2.76. The van der Waals surface area contributed by atoms with E-state index in [9.17, 15) is 24.6 Å². The molecular formula is C17H25ClN4O5. The van der Waals surface area contributed by atoms with Crippen molar-refractivity contribution in [2.75, 3.05) is 26.2 Å². The lowest BCUT2D eigenvalue weighted by Crippen LogP contribution is -2.64. The van der Waals surface area contributed by atoms with Gasteiger partial charge in [0.1, 0.15) is 6.10 Å². The molecule has 27 heavy (non-hydrogen) atoms. The predicted molar refractivity (Wildman–Crippen MR) is 99.8 cm³/mol. The molecule has 6 N–H and O–H groups in total. The molecule has 0 saturated carbocycles. The average molecular weight is 401 g/mol. The molecule has 1 saturated heterocycles. The molecule has 1 aromatic carbocycles. The van der Waals surface area contributed by atoms with Gasteiger partial charge in [0.25, 0.3) is 5.91 Å². The second-order valence-corrected chi connectivity index (χ2v) is 6.24. The fourth-order valence-electron chi connectivity index (χ4n) is 2.76. The molecule has 1 fully saturated rings. The summed E-state index contributed by atoms with van der Waals surface area (Å²) in [5.41, 5.74) is 3.30. The number of aliphatic hydroxyl groups excluding tert-OH is 1. The van der Waals surface area contributed by atoms with Crippen molar-refractivity contribution in [3.8, 4) is 0 Å². The van der Waals surface area contributed by atoms with Gasteiger partial charge in [0.15, 0.2) is 0 Å². The minimum Gasteiger partial charge on any atom is -0.383 e. The largest absolute Gasteiger partial charge is 0.383 e. The monoisotopic (exact) mass is 400 g/mol. The second kappa shape index (κ2) is 10.2. The zero-order valence-electron chi connectivity index (χ0n) is 14.8. The first kappa shape index (κ1) is 22.8. The molecule has 1 unspecified atom stereocenters. The van der Waals surface area contributed by atoms with Crippen LogP contribution in [0.15, 0.2) is 30.3 Å². The highest BCUT2D eigenvalue weighted by atomic mass is 35.5. The third-order valence-corrected chi connectivity index (χ3v) is 4.13. The highest BCUT2D eigenvalue weighted by molar-refractivity contribution is 5.91. The summed E-state index contributed by atoms with van der Waals surface area (Å²) in [5, 5.41) is 25.9. The van der Waals surface area contributed by atoms with Gasteiger partial charge >= 0.3 is 0 Å². The van der Waals surface area contributed by atoms with Crippen LogP contribution in [-0.2, 0) is 20.8 Å². The van der Waals surface area contributed by atoms with Crippen molar-refractivity contribution in [1.29, 1.82) is 0 Å². The molecule has 3 amide bonds. The number of halogens is 1. The van der Waals surface area contributed by atoms with E-state index in [1.54, 1.807) is 30.3 Å². The number of primary amides is 1. The lowest BCUT2D eigenvalue weighted by Gasteiger charge is -2.36. The van der Waals surface area contributed by atoms with Gasteiger partial charge in [-0.3, -0.25) is 14.4 Å². The molecule has 1 aliphatic heterocycles. The Balaban J connectivity index is 0.00000364. The molecular weight excluding hydrogens is 376 g/mol. The average Bonchev–Trinajstić information content (AvgIpc) is 2.62. The van der Waals surface area contributed by atoms with E-state index in [-0.39, 0.29) is 18.8 Å². The molecule has 9 nitrogen and oxygen atoms in total. The van der Waals surface area contributed by atoms with Gasteiger partial charge in [-0.15, -0.1) is 12.4 Å². The van der Waals surface area contributed by atoms with E-state index in [1.807, 2.05) is 0 Å². The SMILES string of the molecule is Cl.NC(=O)C(O)C[C@](O)(NC(=O)Cc1ccccc1)C(=O)N1CCNCC1. The van der Waals surface area contributed by atoms with E-state index in [1.165, 1.54) is 4.90 Å². The second-order valence-electron chi connectivity index (χ2n) is 6.24. The van der Waals surface area contributed by atoms with Crippen molar-refractivity contribution in [3.05, 3.63) is 35.9 Å². The molecule has 1 aliphatic rings. The standard InChI is InChI=1S/C17H24N4O5.ClH/c18-15(24)13(22)11-17(26,16(25)21-8-6-19-7-9-21)20-14(23)10-12-4-2-1-3-5-12;/h1-5,13,19,22,26H,6-11H2,(H2,18,24)(H,20,23);1H/t13?,17-;/m1./s1. The van der Waals surface area contributed by atoms with Crippen LogP contribution in [0.1, 0.15) is 12.0 Å². The number of benzene rings is 1. The molecule has 2 atom stereocenters. The summed E-state index contributed by atoms with van der Waals surface area (Å²) >= 11 is 0. The van der Waals surface area contributed by atoms with Crippen molar-refractivity contribution in [1.82, 2.24) is 15.5 Å². The van der Waals surface area contributed by atoms with E-state index in [2.05, 4.69) is 10.6 Å². The zero-order chi connectivity index (χ0) is 19.2. The lowest BCUT2D eigenvalue weighted by atomic mass is 10.0. The van der Waals surface area contributed by atoms with E-state index >= 15 is 0 Å². The summed E-state index contributed by atoms with van der Waals surface area (Å²) in [6.07, 6.45) is -2.56. The van der Waals surface area contributed by atoms with Crippen LogP contribution in [0.3, 0.4) is 0 Å². The Bertz CT molecular complexity index is 654. The van der Waals surface area contributed by atoms with E-state index < -0.39 is 36.0 Å². The number of nitrogens with one attached hydrogen (secondary N) is 2. The molecule has 10 heteroatoms. The maximum atomic E-state index is 12.7. The smallest absolute Gasteiger partial charge is 0.275 e. The molecule has 1 aromatic rings. The number of nitrogens with two attached hydrogens (primary N) is 1. The fraction of sp³-hybridized carbons (Fsp3) is 0.471. The van der Waals surface area contributed by atoms with Gasteiger partial charge in [0.05, 0.1) is 6.42 Å². The molecule has 0 spiro atoms. The Kier molecular flexibility index (Phi) is 8.64. The summed E-state index contributed by atoms with van der Waals surface area (Å²) in [7, 11) is 0. The Morgan fingerprint density at radius 2 is 1.81 bits per heavy atom. The number of amides is 3. The van der Waals surface area contributed by atoms with Crippen LogP contribution >= 0.6 is 12.4 Å². The summed E-state index contributed by atoms with van der Waals surface area (Å²) in [4.78, 5) is 37.6. The minimum absolute atomic E-state index is 0. The van der Waals surface area contributed by atoms with Crippen molar-refractivity contribution in [2.45, 2.75) is 24.7 Å². The van der Waals surface area contributed by atoms with Crippen LogP contribution in [-0.4, -0.2) is 70.8 Å². The van der Waals surface area contributed by atoms with Crippen LogP contribution in [0.2, 0.25) is 0 Å². The Labute approximate surface area is 163 Å². The topological polar surface area (TPSA) is 145 Å². The molecule has 2 rings (SSSR count). The lowest BCUT2D eigenvalue weighted by molar-refractivity contribution is -0.164. The number of nitrogens with zero attached hydrogens (tertiary/aromatic N) is 1. The molecule has 1 heterocycles. The van der Waals surface area contributed by atoms with Gasteiger partial charge in [-0.2, -0.15) is 0 Å². The van der Waals surface area contributed by atoms with Gasteiger partial charge in [-0.1, -0.05) is 30.3 Å². The maximum absolute atomic E-state index is 12.7. The van der Waals surface area contributed by atoms with Crippen LogP contribution in [0.5, 0.6) is 0 Å². The van der Waals surface area contributed by atoms with Crippen LogP contribution in [0, 0.1) is 0 Å². The third kappa shape index (κ3) is 6.47. The summed E-state index contributed by atoms with van der Waals surface area (Å²) in [5.74, 6) is -2.48.